The summed E-state index contributed by atoms with van der Waals surface area (Å²) in [6, 6.07) is 3.19. The number of amides is 1. The SMILES string of the molecule is CCC(Cc1nccc2c1CN(C(C)c1cnc(OCC(F)F)c(C)c1)C2=O)C(=O)OC(C)C. The van der Waals surface area contributed by atoms with Crippen LogP contribution in [0.2, 0.25) is 0 Å². The van der Waals surface area contributed by atoms with Gasteiger partial charge in [-0.25, -0.2) is 13.8 Å². The van der Waals surface area contributed by atoms with Gasteiger partial charge in [-0.2, -0.15) is 0 Å². The summed E-state index contributed by atoms with van der Waals surface area (Å²) in [5, 5.41) is 0. The summed E-state index contributed by atoms with van der Waals surface area (Å²) >= 11 is 0. The molecule has 9 heteroatoms. The number of nitrogens with zero attached hydrogens (tertiary/aromatic N) is 3. The Bertz CT molecular complexity index is 1040. The normalized spacial score (nSPS) is 15.0. The number of hydrogen-bond donors (Lipinski definition) is 0. The minimum atomic E-state index is -2.58. The fourth-order valence-electron chi connectivity index (χ4n) is 4.04. The average Bonchev–Trinajstić information content (AvgIpc) is 3.12. The summed E-state index contributed by atoms with van der Waals surface area (Å²) in [4.78, 5) is 36.1. The number of alkyl halides is 2. The molecule has 0 aliphatic carbocycles. The first kappa shape index (κ1) is 25.5. The Balaban J connectivity index is 1.79. The van der Waals surface area contributed by atoms with E-state index in [1.807, 2.05) is 27.7 Å². The predicted octanol–water partition coefficient (Wildman–Crippen LogP) is 4.67. The Morgan fingerprint density at radius 2 is 1.97 bits per heavy atom. The van der Waals surface area contributed by atoms with Gasteiger partial charge in [-0.05, 0) is 51.8 Å². The molecule has 0 N–H and O–H groups in total. The Morgan fingerprint density at radius 3 is 2.59 bits per heavy atom. The summed E-state index contributed by atoms with van der Waals surface area (Å²) in [6.07, 6.45) is 1.37. The van der Waals surface area contributed by atoms with E-state index in [1.165, 1.54) is 0 Å². The summed E-state index contributed by atoms with van der Waals surface area (Å²) in [5.41, 5.74) is 3.50. The Kier molecular flexibility index (Phi) is 8.17. The van der Waals surface area contributed by atoms with Gasteiger partial charge < -0.3 is 14.4 Å². The minimum Gasteiger partial charge on any atom is -0.471 e. The fourth-order valence-corrected chi connectivity index (χ4v) is 4.04. The third-order valence-electron chi connectivity index (χ3n) is 5.93. The standard InChI is InChI=1S/C25H31F2N3O4/c1-6-17(25(32)34-14(2)3)10-21-20-12-30(24(31)19(20)7-8-28-21)16(5)18-9-15(4)23(29-11-18)33-13-22(26)27/h7-9,11,14,16-17,22H,6,10,12-13H2,1-5H3. The molecule has 184 valence electrons. The van der Waals surface area contributed by atoms with E-state index < -0.39 is 13.0 Å². The van der Waals surface area contributed by atoms with Crippen LogP contribution in [0.15, 0.2) is 24.5 Å². The van der Waals surface area contributed by atoms with Crippen molar-refractivity contribution in [2.45, 2.75) is 72.6 Å². The highest BCUT2D eigenvalue weighted by Crippen LogP contribution is 2.34. The molecule has 0 bridgehead atoms. The van der Waals surface area contributed by atoms with Gasteiger partial charge in [0.05, 0.1) is 18.1 Å². The molecular formula is C25H31F2N3O4. The van der Waals surface area contributed by atoms with Gasteiger partial charge in [0.2, 0.25) is 5.88 Å². The fraction of sp³-hybridized carbons (Fsp3) is 0.520. The number of halogens is 2. The number of fused-ring (bicyclic) bond motifs is 1. The van der Waals surface area contributed by atoms with Crippen LogP contribution in [0.3, 0.4) is 0 Å². The molecule has 1 aliphatic heterocycles. The van der Waals surface area contributed by atoms with Crippen molar-refractivity contribution in [1.82, 2.24) is 14.9 Å². The predicted molar refractivity (Wildman–Crippen MR) is 122 cm³/mol. The van der Waals surface area contributed by atoms with Crippen molar-refractivity contribution in [2.24, 2.45) is 5.92 Å². The lowest BCUT2D eigenvalue weighted by molar-refractivity contribution is -0.152. The van der Waals surface area contributed by atoms with Crippen molar-refractivity contribution in [3.8, 4) is 5.88 Å². The molecule has 0 saturated heterocycles. The second kappa shape index (κ2) is 10.9. The molecule has 3 heterocycles. The van der Waals surface area contributed by atoms with Gasteiger partial charge in [0, 0.05) is 47.7 Å². The number of aromatic nitrogens is 2. The third-order valence-corrected chi connectivity index (χ3v) is 5.93. The third kappa shape index (κ3) is 5.69. The van der Waals surface area contributed by atoms with E-state index in [2.05, 4.69) is 9.97 Å². The quantitative estimate of drug-likeness (QED) is 0.465. The van der Waals surface area contributed by atoms with Gasteiger partial charge in [-0.3, -0.25) is 14.6 Å². The van der Waals surface area contributed by atoms with Crippen LogP contribution in [0, 0.1) is 12.8 Å². The molecule has 2 atom stereocenters. The van der Waals surface area contributed by atoms with Gasteiger partial charge in [-0.1, -0.05) is 6.92 Å². The van der Waals surface area contributed by atoms with E-state index >= 15 is 0 Å². The molecule has 34 heavy (non-hydrogen) atoms. The van der Waals surface area contributed by atoms with Gasteiger partial charge in [-0.15, -0.1) is 0 Å². The van der Waals surface area contributed by atoms with Gasteiger partial charge in [0.15, 0.2) is 6.61 Å². The van der Waals surface area contributed by atoms with Crippen LogP contribution < -0.4 is 4.74 Å². The molecule has 2 unspecified atom stereocenters. The molecular weight excluding hydrogens is 444 g/mol. The highest BCUT2D eigenvalue weighted by molar-refractivity contribution is 5.98. The van der Waals surface area contributed by atoms with E-state index in [9.17, 15) is 18.4 Å². The topological polar surface area (TPSA) is 81.6 Å². The maximum atomic E-state index is 13.2. The zero-order chi connectivity index (χ0) is 25.0. The molecule has 2 aromatic heterocycles. The molecule has 0 aromatic carbocycles. The van der Waals surface area contributed by atoms with Crippen LogP contribution in [-0.2, 0) is 22.5 Å². The highest BCUT2D eigenvalue weighted by atomic mass is 19.3. The van der Waals surface area contributed by atoms with Gasteiger partial charge in [0.25, 0.3) is 12.3 Å². The zero-order valence-electron chi connectivity index (χ0n) is 20.2. The number of hydrogen-bond acceptors (Lipinski definition) is 6. The van der Waals surface area contributed by atoms with Gasteiger partial charge in [0.1, 0.15) is 0 Å². The van der Waals surface area contributed by atoms with E-state index in [1.54, 1.807) is 36.4 Å². The molecule has 2 aromatic rings. The summed E-state index contributed by atoms with van der Waals surface area (Å²) < 4.78 is 35.3. The Morgan fingerprint density at radius 1 is 1.24 bits per heavy atom. The average molecular weight is 476 g/mol. The van der Waals surface area contributed by atoms with Crippen molar-refractivity contribution in [3.63, 3.8) is 0 Å². The maximum absolute atomic E-state index is 13.2. The van der Waals surface area contributed by atoms with Crippen LogP contribution in [-0.4, -0.2) is 45.9 Å². The first-order valence-corrected chi connectivity index (χ1v) is 11.5. The van der Waals surface area contributed by atoms with Crippen LogP contribution in [0.4, 0.5) is 8.78 Å². The number of carbonyl (C=O) groups excluding carboxylic acids is 2. The number of esters is 1. The lowest BCUT2D eigenvalue weighted by Crippen LogP contribution is -2.27. The number of carbonyl (C=O) groups is 2. The lowest BCUT2D eigenvalue weighted by atomic mass is 9.96. The monoisotopic (exact) mass is 475 g/mol. The second-order valence-electron chi connectivity index (χ2n) is 8.78. The number of ether oxygens (including phenoxy) is 2. The van der Waals surface area contributed by atoms with Crippen molar-refractivity contribution in [2.75, 3.05) is 6.61 Å². The van der Waals surface area contributed by atoms with E-state index in [-0.39, 0.29) is 35.8 Å². The van der Waals surface area contributed by atoms with E-state index in [4.69, 9.17) is 9.47 Å². The number of pyridine rings is 2. The summed E-state index contributed by atoms with van der Waals surface area (Å²) in [5.74, 6) is -0.574. The van der Waals surface area contributed by atoms with Crippen LogP contribution in [0.5, 0.6) is 5.88 Å². The lowest BCUT2D eigenvalue weighted by Gasteiger charge is -2.25. The molecule has 7 nitrogen and oxygen atoms in total. The molecule has 0 saturated carbocycles. The summed E-state index contributed by atoms with van der Waals surface area (Å²) in [7, 11) is 0. The minimum absolute atomic E-state index is 0.125. The summed E-state index contributed by atoms with van der Waals surface area (Å²) in [6.45, 7) is 8.82. The Labute approximate surface area is 198 Å². The van der Waals surface area contributed by atoms with Crippen molar-refractivity contribution >= 4 is 11.9 Å². The van der Waals surface area contributed by atoms with Crippen LogP contribution in [0.25, 0.3) is 0 Å². The van der Waals surface area contributed by atoms with Crippen molar-refractivity contribution in [3.05, 3.63) is 52.5 Å². The highest BCUT2D eigenvalue weighted by Gasteiger charge is 2.34. The van der Waals surface area contributed by atoms with Gasteiger partial charge >= 0.3 is 5.97 Å². The first-order chi connectivity index (χ1) is 16.1. The number of rotatable bonds is 10. The molecule has 3 rings (SSSR count). The maximum Gasteiger partial charge on any atom is 0.309 e. The largest absolute Gasteiger partial charge is 0.471 e. The van der Waals surface area contributed by atoms with Crippen molar-refractivity contribution in [1.29, 1.82) is 0 Å². The van der Waals surface area contributed by atoms with Crippen LogP contribution in [0.1, 0.15) is 72.9 Å². The van der Waals surface area contributed by atoms with Crippen molar-refractivity contribution < 1.29 is 27.8 Å². The first-order valence-electron chi connectivity index (χ1n) is 11.5. The van der Waals surface area contributed by atoms with E-state index in [0.717, 1.165) is 16.8 Å². The zero-order valence-corrected chi connectivity index (χ0v) is 20.2. The number of aryl methyl sites for hydroxylation is 1. The molecule has 0 radical (unpaired) electrons. The molecule has 0 fully saturated rings. The second-order valence-corrected chi connectivity index (χ2v) is 8.78. The smallest absolute Gasteiger partial charge is 0.309 e. The molecule has 0 spiro atoms. The van der Waals surface area contributed by atoms with Crippen LogP contribution >= 0.6 is 0 Å². The Hall–Kier alpha value is -3.10. The van der Waals surface area contributed by atoms with E-state index in [0.29, 0.717) is 30.5 Å². The molecule has 1 aliphatic rings. The molecule has 1 amide bonds.